The van der Waals surface area contributed by atoms with E-state index in [-0.39, 0.29) is 17.8 Å². The molecule has 1 amide bonds. The Morgan fingerprint density at radius 1 is 1.00 bits per heavy atom. The molecule has 1 unspecified atom stereocenters. The van der Waals surface area contributed by atoms with E-state index in [1.165, 1.54) is 0 Å². The summed E-state index contributed by atoms with van der Waals surface area (Å²) < 4.78 is 21.6. The molecule has 1 aromatic heterocycles. The van der Waals surface area contributed by atoms with Crippen molar-refractivity contribution in [1.29, 1.82) is 0 Å². The van der Waals surface area contributed by atoms with Gasteiger partial charge < -0.3 is 28.7 Å². The summed E-state index contributed by atoms with van der Waals surface area (Å²) in [7, 11) is 4.72. The van der Waals surface area contributed by atoms with Gasteiger partial charge in [0.05, 0.1) is 44.9 Å². The molecule has 35 heavy (non-hydrogen) atoms. The molecule has 10 nitrogen and oxygen atoms in total. The van der Waals surface area contributed by atoms with Crippen LogP contribution in [-0.2, 0) is 11.2 Å². The van der Waals surface area contributed by atoms with Gasteiger partial charge in [-0.2, -0.15) is 0 Å². The van der Waals surface area contributed by atoms with Crippen molar-refractivity contribution in [2.45, 2.75) is 32.6 Å². The minimum atomic E-state index is -0.298. The van der Waals surface area contributed by atoms with Crippen molar-refractivity contribution < 1.29 is 28.5 Å². The summed E-state index contributed by atoms with van der Waals surface area (Å²) in [5.41, 5.74) is 2.98. The lowest BCUT2D eigenvalue weighted by atomic mass is 9.81. The van der Waals surface area contributed by atoms with E-state index in [1.54, 1.807) is 33.2 Å². The zero-order chi connectivity index (χ0) is 25.1. The standard InChI is InChI=1S/C25H32N4O6/c1-6-35-25(31)29-9-7-28(8-10-29)24-26-15(2)22-18(27-24)11-16(12-19(22)30)17-13-20(32-3)23(34-5)21(14-17)33-4/h13-14,16H,6-12H2,1-5H3. The number of amides is 1. The van der Waals surface area contributed by atoms with Crippen LogP contribution in [0.2, 0.25) is 0 Å². The molecule has 2 aromatic rings. The second-order valence-corrected chi connectivity index (χ2v) is 8.59. The molecule has 188 valence electrons. The number of ether oxygens (including phenoxy) is 4. The van der Waals surface area contributed by atoms with Crippen LogP contribution in [0.1, 0.15) is 46.6 Å². The van der Waals surface area contributed by atoms with Crippen LogP contribution in [0.5, 0.6) is 17.2 Å². The third-order valence-corrected chi connectivity index (χ3v) is 6.55. The number of fused-ring (bicyclic) bond motifs is 1. The number of ketones is 1. The molecule has 1 aromatic carbocycles. The third-order valence-electron chi connectivity index (χ3n) is 6.55. The highest BCUT2D eigenvalue weighted by Crippen LogP contribution is 2.43. The summed E-state index contributed by atoms with van der Waals surface area (Å²) in [5.74, 6) is 2.16. The Morgan fingerprint density at radius 3 is 2.23 bits per heavy atom. The summed E-state index contributed by atoms with van der Waals surface area (Å²) in [5, 5.41) is 0. The topological polar surface area (TPSA) is 103 Å². The van der Waals surface area contributed by atoms with Crippen LogP contribution < -0.4 is 19.1 Å². The van der Waals surface area contributed by atoms with Gasteiger partial charge in [0.15, 0.2) is 17.3 Å². The molecule has 2 heterocycles. The van der Waals surface area contributed by atoms with E-state index in [2.05, 4.69) is 9.88 Å². The Hall–Kier alpha value is -3.56. The van der Waals surface area contributed by atoms with Crippen LogP contribution in [0.3, 0.4) is 0 Å². The number of hydrogen-bond donors (Lipinski definition) is 0. The predicted octanol–water partition coefficient (Wildman–Crippen LogP) is 3.00. The van der Waals surface area contributed by atoms with Crippen LogP contribution in [-0.4, -0.2) is 80.9 Å². The van der Waals surface area contributed by atoms with Crippen molar-refractivity contribution in [1.82, 2.24) is 14.9 Å². The molecule has 1 atom stereocenters. The Kier molecular flexibility index (Phi) is 7.28. The number of methoxy groups -OCH3 is 3. The minimum absolute atomic E-state index is 0.0289. The second-order valence-electron chi connectivity index (χ2n) is 8.59. The summed E-state index contributed by atoms with van der Waals surface area (Å²) in [6.45, 7) is 6.27. The quantitative estimate of drug-likeness (QED) is 0.612. The summed E-state index contributed by atoms with van der Waals surface area (Å²) >= 11 is 0. The van der Waals surface area contributed by atoms with Gasteiger partial charge in [-0.05, 0) is 43.9 Å². The lowest BCUT2D eigenvalue weighted by Crippen LogP contribution is -2.49. The number of hydrogen-bond acceptors (Lipinski definition) is 9. The van der Waals surface area contributed by atoms with E-state index in [9.17, 15) is 9.59 Å². The molecule has 1 saturated heterocycles. The Morgan fingerprint density at radius 2 is 1.66 bits per heavy atom. The van der Waals surface area contributed by atoms with Gasteiger partial charge in [-0.3, -0.25) is 4.79 Å². The molecule has 1 aliphatic carbocycles. The average Bonchev–Trinajstić information content (AvgIpc) is 2.87. The highest BCUT2D eigenvalue weighted by molar-refractivity contribution is 5.99. The summed E-state index contributed by atoms with van der Waals surface area (Å²) in [4.78, 5) is 38.4. The minimum Gasteiger partial charge on any atom is -0.493 e. The highest BCUT2D eigenvalue weighted by atomic mass is 16.6. The lowest BCUT2D eigenvalue weighted by molar-refractivity contribution is 0.0960. The van der Waals surface area contributed by atoms with E-state index in [0.29, 0.717) is 80.1 Å². The molecule has 0 saturated carbocycles. The van der Waals surface area contributed by atoms with Crippen LogP contribution >= 0.6 is 0 Å². The van der Waals surface area contributed by atoms with Crippen LogP contribution in [0, 0.1) is 6.92 Å². The number of rotatable bonds is 6. The highest BCUT2D eigenvalue weighted by Gasteiger charge is 2.32. The number of carbonyl (C=O) groups is 2. The number of anilines is 1. The van der Waals surface area contributed by atoms with Gasteiger partial charge in [0.25, 0.3) is 0 Å². The molecular weight excluding hydrogens is 452 g/mol. The van der Waals surface area contributed by atoms with Crippen molar-refractivity contribution >= 4 is 17.8 Å². The Labute approximate surface area is 205 Å². The number of Topliss-reactive ketones (excluding diaryl/α,β-unsaturated/α-hetero) is 1. The summed E-state index contributed by atoms with van der Waals surface area (Å²) in [6, 6.07) is 3.79. The number of benzene rings is 1. The van der Waals surface area contributed by atoms with Gasteiger partial charge in [0.2, 0.25) is 11.7 Å². The molecular formula is C25H32N4O6. The monoisotopic (exact) mass is 484 g/mol. The smallest absolute Gasteiger partial charge is 0.409 e. The predicted molar refractivity (Wildman–Crippen MR) is 129 cm³/mol. The molecule has 0 bridgehead atoms. The van der Waals surface area contributed by atoms with E-state index in [1.807, 2.05) is 19.1 Å². The first kappa shape index (κ1) is 24.6. The lowest BCUT2D eigenvalue weighted by Gasteiger charge is -2.35. The molecule has 0 spiro atoms. The van der Waals surface area contributed by atoms with Gasteiger partial charge in [-0.15, -0.1) is 0 Å². The van der Waals surface area contributed by atoms with Crippen molar-refractivity contribution in [3.63, 3.8) is 0 Å². The molecule has 10 heteroatoms. The van der Waals surface area contributed by atoms with Gasteiger partial charge in [-0.25, -0.2) is 14.8 Å². The van der Waals surface area contributed by atoms with E-state index in [4.69, 9.17) is 23.9 Å². The number of aryl methyl sites for hydroxylation is 1. The maximum atomic E-state index is 13.2. The van der Waals surface area contributed by atoms with Crippen molar-refractivity contribution in [2.24, 2.45) is 0 Å². The van der Waals surface area contributed by atoms with Crippen LogP contribution in [0.4, 0.5) is 10.7 Å². The zero-order valence-electron chi connectivity index (χ0n) is 20.9. The van der Waals surface area contributed by atoms with Crippen molar-refractivity contribution in [2.75, 3.05) is 59.0 Å². The Bertz CT molecular complexity index is 1090. The third kappa shape index (κ3) is 4.82. The molecule has 2 aliphatic rings. The first-order chi connectivity index (χ1) is 16.9. The molecule has 4 rings (SSSR count). The van der Waals surface area contributed by atoms with Crippen LogP contribution in [0.25, 0.3) is 0 Å². The van der Waals surface area contributed by atoms with E-state index in [0.717, 1.165) is 11.3 Å². The summed E-state index contributed by atoms with van der Waals surface area (Å²) in [6.07, 6.45) is 0.653. The number of nitrogens with zero attached hydrogens (tertiary/aromatic N) is 4. The van der Waals surface area contributed by atoms with E-state index < -0.39 is 0 Å². The normalized spacial score (nSPS) is 17.6. The number of aromatic nitrogens is 2. The van der Waals surface area contributed by atoms with E-state index >= 15 is 0 Å². The van der Waals surface area contributed by atoms with Crippen LogP contribution in [0.15, 0.2) is 12.1 Å². The molecule has 1 aliphatic heterocycles. The van der Waals surface area contributed by atoms with Gasteiger partial charge in [0.1, 0.15) is 0 Å². The maximum Gasteiger partial charge on any atom is 0.409 e. The largest absolute Gasteiger partial charge is 0.493 e. The second kappa shape index (κ2) is 10.4. The first-order valence-electron chi connectivity index (χ1n) is 11.8. The molecule has 0 radical (unpaired) electrons. The average molecular weight is 485 g/mol. The maximum absolute atomic E-state index is 13.2. The fourth-order valence-electron chi connectivity index (χ4n) is 4.78. The number of carbonyl (C=O) groups excluding carboxylic acids is 2. The van der Waals surface area contributed by atoms with Gasteiger partial charge in [0, 0.05) is 32.6 Å². The molecule has 1 fully saturated rings. The van der Waals surface area contributed by atoms with Crippen molar-refractivity contribution in [3.05, 3.63) is 34.6 Å². The van der Waals surface area contributed by atoms with Crippen molar-refractivity contribution in [3.8, 4) is 17.2 Å². The SMILES string of the molecule is CCOC(=O)N1CCN(c2nc(C)c3c(n2)CC(c2cc(OC)c(OC)c(OC)c2)CC3=O)CC1. The van der Waals surface area contributed by atoms with Gasteiger partial charge >= 0.3 is 6.09 Å². The van der Waals surface area contributed by atoms with Gasteiger partial charge in [-0.1, -0.05) is 0 Å². The number of piperazine rings is 1. The molecule has 0 N–H and O–H groups in total. The fourth-order valence-corrected chi connectivity index (χ4v) is 4.78. The Balaban J connectivity index is 1.59. The fraction of sp³-hybridized carbons (Fsp3) is 0.520. The zero-order valence-corrected chi connectivity index (χ0v) is 20.9. The first-order valence-corrected chi connectivity index (χ1v) is 11.8.